The highest BCUT2D eigenvalue weighted by atomic mass is 35.5. The monoisotopic (exact) mass is 421 g/mol. The van der Waals surface area contributed by atoms with E-state index < -0.39 is 5.97 Å². The quantitative estimate of drug-likeness (QED) is 0.735. The molecule has 0 atom stereocenters. The van der Waals surface area contributed by atoms with Crippen molar-refractivity contribution < 1.29 is 24.1 Å². The lowest BCUT2D eigenvalue weighted by atomic mass is 10.2. The van der Waals surface area contributed by atoms with Crippen molar-refractivity contribution in [3.63, 3.8) is 0 Å². The van der Waals surface area contributed by atoms with Gasteiger partial charge in [0.25, 0.3) is 0 Å². The number of halogens is 1. The van der Waals surface area contributed by atoms with Crippen molar-refractivity contribution in [2.45, 2.75) is 32.9 Å². The maximum absolute atomic E-state index is 12.2. The fraction of sp³-hybridized carbons (Fsp3) is 0.500. The van der Waals surface area contributed by atoms with Crippen LogP contribution in [0.3, 0.4) is 0 Å². The number of carboxylic acids is 1. The number of fused-ring (bicyclic) bond motifs is 1. The van der Waals surface area contributed by atoms with Gasteiger partial charge in [-0.1, -0.05) is 18.5 Å². The maximum atomic E-state index is 12.2. The molecule has 0 spiro atoms. The van der Waals surface area contributed by atoms with E-state index in [4.69, 9.17) is 30.8 Å². The van der Waals surface area contributed by atoms with Crippen molar-refractivity contribution in [2.24, 2.45) is 0 Å². The normalized spacial score (nSPS) is 16.3. The van der Waals surface area contributed by atoms with Crippen LogP contribution in [0.15, 0.2) is 12.1 Å². The number of carbonyl (C=O) groups is 1. The van der Waals surface area contributed by atoms with Gasteiger partial charge in [-0.2, -0.15) is 0 Å². The second-order valence-corrected chi connectivity index (χ2v) is 7.56. The average molecular weight is 422 g/mol. The van der Waals surface area contributed by atoms with E-state index in [0.29, 0.717) is 54.9 Å². The van der Waals surface area contributed by atoms with Gasteiger partial charge < -0.3 is 23.9 Å². The van der Waals surface area contributed by atoms with E-state index in [9.17, 15) is 9.90 Å². The Labute approximate surface area is 173 Å². The summed E-state index contributed by atoms with van der Waals surface area (Å²) in [6.45, 7) is 5.84. The van der Waals surface area contributed by atoms with Crippen LogP contribution in [-0.4, -0.2) is 58.6 Å². The van der Waals surface area contributed by atoms with Crippen LogP contribution in [0.25, 0.3) is 0 Å². The Morgan fingerprint density at radius 1 is 1.21 bits per heavy atom. The molecule has 4 rings (SSSR count). The van der Waals surface area contributed by atoms with E-state index in [1.54, 1.807) is 10.6 Å². The molecule has 2 aliphatic heterocycles. The standard InChI is InChI=1S/C20H24ClN3O5/c1-2-3-18-22-15(11-23-4-6-27-7-5-23)19(20(25)26)24(18)10-13-8-16-17(9-14(13)21)29-12-28-16/h8-9H,2-7,10-12H2,1H3,(H,25,26). The molecule has 156 valence electrons. The van der Waals surface area contributed by atoms with Gasteiger partial charge in [0.1, 0.15) is 5.82 Å². The molecule has 0 unspecified atom stereocenters. The topological polar surface area (TPSA) is 86.1 Å². The molecular formula is C20H24ClN3O5. The first-order chi connectivity index (χ1) is 14.1. The molecule has 2 aliphatic rings. The lowest BCUT2D eigenvalue weighted by Crippen LogP contribution is -2.36. The fourth-order valence-electron chi connectivity index (χ4n) is 3.71. The zero-order chi connectivity index (χ0) is 20.4. The molecule has 1 fully saturated rings. The van der Waals surface area contributed by atoms with Crippen LogP contribution in [0.4, 0.5) is 0 Å². The Bertz CT molecular complexity index is 908. The Morgan fingerprint density at radius 3 is 2.62 bits per heavy atom. The van der Waals surface area contributed by atoms with Crippen molar-refractivity contribution in [3.05, 3.63) is 39.9 Å². The molecule has 1 aromatic heterocycles. The largest absolute Gasteiger partial charge is 0.477 e. The molecule has 9 heteroatoms. The Balaban J connectivity index is 1.70. The summed E-state index contributed by atoms with van der Waals surface area (Å²) in [7, 11) is 0. The highest BCUT2D eigenvalue weighted by Crippen LogP contribution is 2.37. The van der Waals surface area contributed by atoms with Crippen LogP contribution < -0.4 is 9.47 Å². The maximum Gasteiger partial charge on any atom is 0.354 e. The third kappa shape index (κ3) is 4.19. The first-order valence-electron chi connectivity index (χ1n) is 9.76. The lowest BCUT2D eigenvalue weighted by Gasteiger charge is -2.25. The molecule has 0 amide bonds. The predicted molar refractivity (Wildman–Crippen MR) is 106 cm³/mol. The smallest absolute Gasteiger partial charge is 0.354 e. The summed E-state index contributed by atoms with van der Waals surface area (Å²) in [5.41, 5.74) is 1.57. The van der Waals surface area contributed by atoms with Gasteiger partial charge in [-0.25, -0.2) is 9.78 Å². The summed E-state index contributed by atoms with van der Waals surface area (Å²) in [5.74, 6) is 0.985. The molecule has 1 aromatic carbocycles. The van der Waals surface area contributed by atoms with Crippen LogP contribution in [0.1, 0.15) is 40.9 Å². The van der Waals surface area contributed by atoms with Crippen molar-refractivity contribution in [1.82, 2.24) is 14.5 Å². The molecule has 0 bridgehead atoms. The summed E-state index contributed by atoms with van der Waals surface area (Å²) in [6, 6.07) is 3.53. The minimum absolute atomic E-state index is 0.158. The van der Waals surface area contributed by atoms with Gasteiger partial charge >= 0.3 is 5.97 Å². The van der Waals surface area contributed by atoms with E-state index in [0.717, 1.165) is 30.9 Å². The van der Waals surface area contributed by atoms with Gasteiger partial charge in [0.2, 0.25) is 6.79 Å². The number of ether oxygens (including phenoxy) is 3. The number of morpholine rings is 1. The molecule has 0 aliphatic carbocycles. The van der Waals surface area contributed by atoms with E-state index in [1.807, 2.05) is 6.07 Å². The minimum atomic E-state index is -0.986. The number of carboxylic acid groups (broad SMARTS) is 1. The van der Waals surface area contributed by atoms with Gasteiger partial charge in [-0.15, -0.1) is 0 Å². The first kappa shape index (κ1) is 20.0. The van der Waals surface area contributed by atoms with Crippen LogP contribution in [0.2, 0.25) is 5.02 Å². The molecule has 1 N–H and O–H groups in total. The van der Waals surface area contributed by atoms with E-state index in [2.05, 4.69) is 11.8 Å². The number of imidazole rings is 1. The molecule has 3 heterocycles. The highest BCUT2D eigenvalue weighted by Gasteiger charge is 2.26. The number of hydrogen-bond acceptors (Lipinski definition) is 6. The number of hydrogen-bond donors (Lipinski definition) is 1. The van der Waals surface area contributed by atoms with E-state index in [-0.39, 0.29) is 12.5 Å². The van der Waals surface area contributed by atoms with E-state index >= 15 is 0 Å². The molecule has 0 saturated carbocycles. The highest BCUT2D eigenvalue weighted by molar-refractivity contribution is 6.31. The molecule has 2 aromatic rings. The zero-order valence-corrected chi connectivity index (χ0v) is 17.1. The van der Waals surface area contributed by atoms with Crippen molar-refractivity contribution in [3.8, 4) is 11.5 Å². The Kier molecular flexibility index (Phi) is 5.94. The van der Waals surface area contributed by atoms with E-state index in [1.165, 1.54) is 0 Å². The lowest BCUT2D eigenvalue weighted by molar-refractivity contribution is 0.0334. The van der Waals surface area contributed by atoms with Gasteiger partial charge in [-0.05, 0) is 18.1 Å². The molecule has 8 nitrogen and oxygen atoms in total. The first-order valence-corrected chi connectivity index (χ1v) is 10.1. The van der Waals surface area contributed by atoms with Crippen molar-refractivity contribution >= 4 is 17.6 Å². The average Bonchev–Trinajstić information content (AvgIpc) is 3.27. The molecule has 29 heavy (non-hydrogen) atoms. The van der Waals surface area contributed by atoms with Crippen LogP contribution >= 0.6 is 11.6 Å². The van der Waals surface area contributed by atoms with Crippen molar-refractivity contribution in [1.29, 1.82) is 0 Å². The van der Waals surface area contributed by atoms with Crippen LogP contribution in [-0.2, 0) is 24.2 Å². The number of aryl methyl sites for hydroxylation is 1. The molecule has 0 radical (unpaired) electrons. The summed E-state index contributed by atoms with van der Waals surface area (Å²) in [4.78, 5) is 19.1. The number of aromatic carboxylic acids is 1. The van der Waals surface area contributed by atoms with Crippen LogP contribution in [0.5, 0.6) is 11.5 Å². The summed E-state index contributed by atoms with van der Waals surface area (Å²) >= 11 is 6.44. The minimum Gasteiger partial charge on any atom is -0.477 e. The van der Waals surface area contributed by atoms with Gasteiger partial charge in [0.05, 0.1) is 25.5 Å². The van der Waals surface area contributed by atoms with Gasteiger partial charge in [-0.3, -0.25) is 4.90 Å². The Hall–Kier alpha value is -2.29. The third-order valence-corrected chi connectivity index (χ3v) is 5.49. The third-order valence-electron chi connectivity index (χ3n) is 5.14. The van der Waals surface area contributed by atoms with Gasteiger partial charge in [0.15, 0.2) is 17.2 Å². The predicted octanol–water partition coefficient (Wildman–Crippen LogP) is 2.80. The summed E-state index contributed by atoms with van der Waals surface area (Å²) in [6.07, 6.45) is 1.55. The zero-order valence-electron chi connectivity index (χ0n) is 16.3. The number of nitrogens with zero attached hydrogens (tertiary/aromatic N) is 3. The summed E-state index contributed by atoms with van der Waals surface area (Å²) < 4.78 is 18.0. The molecular weight excluding hydrogens is 398 g/mol. The molecule has 1 saturated heterocycles. The number of benzene rings is 1. The second-order valence-electron chi connectivity index (χ2n) is 7.15. The van der Waals surface area contributed by atoms with Crippen LogP contribution in [0, 0.1) is 0 Å². The number of rotatable bonds is 7. The second kappa shape index (κ2) is 8.61. The van der Waals surface area contributed by atoms with Crippen molar-refractivity contribution in [2.75, 3.05) is 33.1 Å². The SMILES string of the molecule is CCCc1nc(CN2CCOCC2)c(C(=O)O)n1Cc1cc2c(cc1Cl)OCO2. The Morgan fingerprint density at radius 2 is 1.93 bits per heavy atom. The fourth-order valence-corrected chi connectivity index (χ4v) is 3.92. The van der Waals surface area contributed by atoms with Gasteiger partial charge in [0, 0.05) is 37.1 Å². The number of aromatic nitrogens is 2. The summed E-state index contributed by atoms with van der Waals surface area (Å²) in [5, 5.41) is 10.5.